The third-order valence-electron chi connectivity index (χ3n) is 3.33. The molecule has 0 aliphatic rings. The number of hydrogen-bond acceptors (Lipinski definition) is 3. The van der Waals surface area contributed by atoms with E-state index in [1.165, 1.54) is 5.56 Å². The molecule has 0 radical (unpaired) electrons. The average molecular weight is 250 g/mol. The lowest BCUT2D eigenvalue weighted by Gasteiger charge is -2.31. The van der Waals surface area contributed by atoms with Crippen molar-refractivity contribution in [1.29, 1.82) is 0 Å². The summed E-state index contributed by atoms with van der Waals surface area (Å²) in [6.07, 6.45) is 0. The molecule has 0 spiro atoms. The van der Waals surface area contributed by atoms with Gasteiger partial charge in [-0.1, -0.05) is 37.3 Å². The molecule has 2 atom stereocenters. The molecule has 18 heavy (non-hydrogen) atoms. The van der Waals surface area contributed by atoms with Gasteiger partial charge in [0.25, 0.3) is 0 Å². The van der Waals surface area contributed by atoms with Crippen molar-refractivity contribution in [1.82, 2.24) is 4.90 Å². The maximum atomic E-state index is 11.0. The fourth-order valence-electron chi connectivity index (χ4n) is 1.93. The number of carbonyl (C=O) groups is 1. The zero-order valence-corrected chi connectivity index (χ0v) is 11.0. The van der Waals surface area contributed by atoms with Gasteiger partial charge < -0.3 is 10.8 Å². The third kappa shape index (κ3) is 4.13. The van der Waals surface area contributed by atoms with Crippen molar-refractivity contribution >= 4 is 5.97 Å². The van der Waals surface area contributed by atoms with Crippen LogP contribution < -0.4 is 5.73 Å². The first-order chi connectivity index (χ1) is 8.56. The lowest BCUT2D eigenvalue weighted by molar-refractivity contribution is -0.143. The number of nitrogens with two attached hydrogens (primary N) is 1. The molecule has 0 aliphatic carbocycles. The van der Waals surface area contributed by atoms with E-state index in [0.717, 1.165) is 6.54 Å². The maximum absolute atomic E-state index is 11.0. The molecule has 4 nitrogen and oxygen atoms in total. The fraction of sp³-hybridized carbons (Fsp3) is 0.500. The van der Waals surface area contributed by atoms with Crippen molar-refractivity contribution in [3.63, 3.8) is 0 Å². The van der Waals surface area contributed by atoms with Gasteiger partial charge in [0, 0.05) is 25.7 Å². The minimum Gasteiger partial charge on any atom is -0.481 e. The number of nitrogens with zero attached hydrogens (tertiary/aromatic N) is 1. The van der Waals surface area contributed by atoms with Crippen molar-refractivity contribution in [3.8, 4) is 0 Å². The SMILES string of the molecule is CC(C(=O)O)C(C)N(CCN)Cc1ccccc1. The fourth-order valence-corrected chi connectivity index (χ4v) is 1.93. The van der Waals surface area contributed by atoms with Crippen LogP contribution in [0.3, 0.4) is 0 Å². The first-order valence-corrected chi connectivity index (χ1v) is 6.27. The number of benzene rings is 1. The highest BCUT2D eigenvalue weighted by molar-refractivity contribution is 5.70. The molecule has 0 heterocycles. The molecular formula is C14H22N2O2. The van der Waals surface area contributed by atoms with E-state index in [2.05, 4.69) is 4.90 Å². The molecule has 3 N–H and O–H groups in total. The molecule has 1 rings (SSSR count). The summed E-state index contributed by atoms with van der Waals surface area (Å²) in [5.41, 5.74) is 6.78. The summed E-state index contributed by atoms with van der Waals surface area (Å²) in [5, 5.41) is 9.08. The maximum Gasteiger partial charge on any atom is 0.307 e. The second kappa shape index (κ2) is 7.13. The van der Waals surface area contributed by atoms with Crippen LogP contribution in [0.1, 0.15) is 19.4 Å². The van der Waals surface area contributed by atoms with Crippen LogP contribution in [0.4, 0.5) is 0 Å². The van der Waals surface area contributed by atoms with Crippen molar-refractivity contribution < 1.29 is 9.90 Å². The Kier molecular flexibility index (Phi) is 5.82. The smallest absolute Gasteiger partial charge is 0.307 e. The van der Waals surface area contributed by atoms with Crippen LogP contribution in [0.15, 0.2) is 30.3 Å². The van der Waals surface area contributed by atoms with Gasteiger partial charge in [0.1, 0.15) is 0 Å². The van der Waals surface area contributed by atoms with Crippen LogP contribution in [0.25, 0.3) is 0 Å². The molecule has 0 saturated carbocycles. The minimum absolute atomic E-state index is 0.0359. The zero-order valence-electron chi connectivity index (χ0n) is 11.0. The Labute approximate surface area is 108 Å². The van der Waals surface area contributed by atoms with Gasteiger partial charge in [-0.15, -0.1) is 0 Å². The Hall–Kier alpha value is -1.39. The number of carboxylic acid groups (broad SMARTS) is 1. The van der Waals surface area contributed by atoms with Gasteiger partial charge in [-0.2, -0.15) is 0 Å². The molecule has 0 aliphatic heterocycles. The largest absolute Gasteiger partial charge is 0.481 e. The van der Waals surface area contributed by atoms with Gasteiger partial charge in [-0.3, -0.25) is 9.69 Å². The Morgan fingerprint density at radius 1 is 1.33 bits per heavy atom. The molecule has 2 unspecified atom stereocenters. The van der Waals surface area contributed by atoms with E-state index in [1.54, 1.807) is 6.92 Å². The average Bonchev–Trinajstić information content (AvgIpc) is 2.37. The Morgan fingerprint density at radius 3 is 2.44 bits per heavy atom. The predicted octanol–water partition coefficient (Wildman–Crippen LogP) is 1.56. The quantitative estimate of drug-likeness (QED) is 0.770. The van der Waals surface area contributed by atoms with Gasteiger partial charge in [-0.05, 0) is 12.5 Å². The van der Waals surface area contributed by atoms with E-state index in [4.69, 9.17) is 10.8 Å². The van der Waals surface area contributed by atoms with Crippen LogP contribution in [0.5, 0.6) is 0 Å². The predicted molar refractivity (Wildman–Crippen MR) is 72.2 cm³/mol. The van der Waals surface area contributed by atoms with Gasteiger partial charge in [0.05, 0.1) is 5.92 Å². The summed E-state index contributed by atoms with van der Waals surface area (Å²) < 4.78 is 0. The standard InChI is InChI=1S/C14H22N2O2/c1-11(14(17)18)12(2)16(9-8-15)10-13-6-4-3-5-7-13/h3-7,11-12H,8-10,15H2,1-2H3,(H,17,18). The lowest BCUT2D eigenvalue weighted by Crippen LogP contribution is -2.42. The number of carboxylic acids is 1. The van der Waals surface area contributed by atoms with Crippen molar-refractivity contribution in [3.05, 3.63) is 35.9 Å². The highest BCUT2D eigenvalue weighted by atomic mass is 16.4. The van der Waals surface area contributed by atoms with Gasteiger partial charge in [0.2, 0.25) is 0 Å². The van der Waals surface area contributed by atoms with Crippen molar-refractivity contribution in [2.24, 2.45) is 11.7 Å². The first kappa shape index (κ1) is 14.7. The van der Waals surface area contributed by atoms with E-state index in [1.807, 2.05) is 37.3 Å². The third-order valence-corrected chi connectivity index (χ3v) is 3.33. The van der Waals surface area contributed by atoms with E-state index in [0.29, 0.717) is 13.1 Å². The highest BCUT2D eigenvalue weighted by Crippen LogP contribution is 2.14. The van der Waals surface area contributed by atoms with E-state index in [-0.39, 0.29) is 6.04 Å². The lowest BCUT2D eigenvalue weighted by atomic mass is 10.0. The Balaban J connectivity index is 2.73. The number of aliphatic carboxylic acids is 1. The minimum atomic E-state index is -0.766. The van der Waals surface area contributed by atoms with Gasteiger partial charge >= 0.3 is 5.97 Å². The molecule has 0 saturated heterocycles. The molecule has 1 aromatic carbocycles. The molecule has 0 fully saturated rings. The Morgan fingerprint density at radius 2 is 1.94 bits per heavy atom. The van der Waals surface area contributed by atoms with E-state index < -0.39 is 11.9 Å². The Bertz CT molecular complexity index is 367. The summed E-state index contributed by atoms with van der Waals surface area (Å²) in [6, 6.07) is 10.00. The highest BCUT2D eigenvalue weighted by Gasteiger charge is 2.24. The molecule has 100 valence electrons. The summed E-state index contributed by atoms with van der Waals surface area (Å²) >= 11 is 0. The second-order valence-corrected chi connectivity index (χ2v) is 4.61. The normalized spacial score (nSPS) is 14.4. The molecular weight excluding hydrogens is 228 g/mol. The molecule has 0 aromatic heterocycles. The topological polar surface area (TPSA) is 66.6 Å². The van der Waals surface area contributed by atoms with Crippen LogP contribution in [-0.4, -0.2) is 35.1 Å². The molecule has 4 heteroatoms. The van der Waals surface area contributed by atoms with Crippen molar-refractivity contribution in [2.75, 3.05) is 13.1 Å². The van der Waals surface area contributed by atoms with Crippen LogP contribution >= 0.6 is 0 Å². The second-order valence-electron chi connectivity index (χ2n) is 4.61. The van der Waals surface area contributed by atoms with E-state index in [9.17, 15) is 4.79 Å². The first-order valence-electron chi connectivity index (χ1n) is 6.27. The summed E-state index contributed by atoms with van der Waals surface area (Å²) in [5.74, 6) is -1.17. The van der Waals surface area contributed by atoms with Crippen LogP contribution in [0.2, 0.25) is 0 Å². The van der Waals surface area contributed by atoms with E-state index >= 15 is 0 Å². The number of rotatable bonds is 7. The van der Waals surface area contributed by atoms with Crippen LogP contribution in [-0.2, 0) is 11.3 Å². The van der Waals surface area contributed by atoms with Gasteiger partial charge in [0.15, 0.2) is 0 Å². The number of hydrogen-bond donors (Lipinski definition) is 2. The molecule has 1 aromatic rings. The summed E-state index contributed by atoms with van der Waals surface area (Å²) in [6.45, 7) is 5.65. The monoisotopic (exact) mass is 250 g/mol. The van der Waals surface area contributed by atoms with Crippen molar-refractivity contribution in [2.45, 2.75) is 26.4 Å². The van der Waals surface area contributed by atoms with Gasteiger partial charge in [-0.25, -0.2) is 0 Å². The molecule has 0 amide bonds. The van der Waals surface area contributed by atoms with Crippen LogP contribution in [0, 0.1) is 5.92 Å². The summed E-state index contributed by atoms with van der Waals surface area (Å²) in [4.78, 5) is 13.2. The molecule has 0 bridgehead atoms. The summed E-state index contributed by atoms with van der Waals surface area (Å²) in [7, 11) is 0. The zero-order chi connectivity index (χ0) is 13.5.